The zero-order valence-electron chi connectivity index (χ0n) is 35.0. The van der Waals surface area contributed by atoms with Crippen molar-refractivity contribution >= 4 is 41.2 Å². The Kier molecular flexibility index (Phi) is 18.7. The van der Waals surface area contributed by atoms with Gasteiger partial charge in [0.1, 0.15) is 12.6 Å². The van der Waals surface area contributed by atoms with Crippen LogP contribution in [0.2, 0.25) is 0 Å². The van der Waals surface area contributed by atoms with Crippen LogP contribution in [0.25, 0.3) is 11.1 Å². The number of nitrogens with two attached hydrogens (primary N) is 2. The summed E-state index contributed by atoms with van der Waals surface area (Å²) in [6, 6.07) is 13.2. The van der Waals surface area contributed by atoms with Gasteiger partial charge in [-0.3, -0.25) is 33.6 Å². The van der Waals surface area contributed by atoms with Gasteiger partial charge in [0.05, 0.1) is 25.1 Å². The second-order valence-electron chi connectivity index (χ2n) is 16.0. The summed E-state index contributed by atoms with van der Waals surface area (Å²) in [5.74, 6) is -4.03. The van der Waals surface area contributed by atoms with Crippen molar-refractivity contribution in [2.75, 3.05) is 39.8 Å². The summed E-state index contributed by atoms with van der Waals surface area (Å²) in [4.78, 5) is 95.2. The third kappa shape index (κ3) is 13.5. The molecule has 322 valence electrons. The molecule has 14 nitrogen and oxygen atoms in total. The van der Waals surface area contributed by atoms with Crippen molar-refractivity contribution < 1.29 is 38.3 Å². The lowest BCUT2D eigenvalue weighted by molar-refractivity contribution is -0.158. The first kappa shape index (κ1) is 46.7. The van der Waals surface area contributed by atoms with Crippen LogP contribution in [0.15, 0.2) is 48.5 Å². The lowest BCUT2D eigenvalue weighted by Gasteiger charge is -2.37. The third-order valence-corrected chi connectivity index (χ3v) is 11.4. The molecule has 0 aliphatic carbocycles. The van der Waals surface area contributed by atoms with Crippen LogP contribution in [0, 0.1) is 11.8 Å². The van der Waals surface area contributed by atoms with E-state index < -0.39 is 41.8 Å². The van der Waals surface area contributed by atoms with Crippen LogP contribution >= 0.6 is 0 Å². The van der Waals surface area contributed by atoms with E-state index in [-0.39, 0.29) is 55.2 Å². The molecule has 2 fully saturated rings. The highest BCUT2D eigenvalue weighted by Gasteiger charge is 2.41. The van der Waals surface area contributed by atoms with Crippen molar-refractivity contribution in [3.8, 4) is 11.1 Å². The number of nitrogens with one attached hydrogen (secondary N) is 2. The third-order valence-electron chi connectivity index (χ3n) is 11.4. The molecule has 0 aromatic heterocycles. The number of carbonyl (C=O) groups is 7. The summed E-state index contributed by atoms with van der Waals surface area (Å²) in [5.41, 5.74) is 15.2. The molecule has 2 aromatic carbocycles. The molecule has 0 radical (unpaired) electrons. The van der Waals surface area contributed by atoms with E-state index in [1.54, 1.807) is 19.1 Å². The maximum atomic E-state index is 14.1. The van der Waals surface area contributed by atoms with Gasteiger partial charge in [0.2, 0.25) is 17.7 Å². The van der Waals surface area contributed by atoms with Gasteiger partial charge in [-0.1, -0.05) is 56.7 Å². The SMILES string of the molecule is CCCCc1ccc(-c2ccc(C(=O)N[C@@H](CCCCN)C(=O)N3CCC[C@H]3C(=O)C[C@@H](C)C(=O)N[C@@H](CCCCN)C(=O)C[C@@H]3CN(CC(=O)OC)C3=O)cc2)cc1. The minimum Gasteiger partial charge on any atom is -0.468 e. The van der Waals surface area contributed by atoms with Gasteiger partial charge in [-0.15, -0.1) is 0 Å². The Morgan fingerprint density at radius 1 is 0.847 bits per heavy atom. The van der Waals surface area contributed by atoms with E-state index in [0.717, 1.165) is 30.4 Å². The molecule has 59 heavy (non-hydrogen) atoms. The lowest BCUT2D eigenvalue weighted by atomic mass is 9.89. The lowest BCUT2D eigenvalue weighted by Crippen LogP contribution is -2.56. The topological polar surface area (TPSA) is 211 Å². The van der Waals surface area contributed by atoms with E-state index >= 15 is 0 Å². The molecule has 4 amide bonds. The standard InChI is InChI=1S/C45H64N6O8/c1-4-5-11-31-15-17-32(18-16-31)33-19-21-34(22-20-33)43(56)49-37(13-7-9-24-47)45(58)51-25-10-14-38(51)40(53)26-30(2)42(55)48-36(12-6-8-23-46)39(52)27-35-28-50(44(35)57)29-41(54)59-3/h15-22,30,35-38H,4-14,23-29,46-47H2,1-3H3,(H,48,55)(H,49,56)/t30-,35-,36+,37+,38+/m1/s1. The molecule has 2 aliphatic rings. The number of Topliss-reactive ketones (excluding diaryl/α,β-unsaturated/α-hetero) is 2. The van der Waals surface area contributed by atoms with Crippen LogP contribution in [-0.2, 0) is 39.9 Å². The van der Waals surface area contributed by atoms with Gasteiger partial charge < -0.3 is 36.6 Å². The summed E-state index contributed by atoms with van der Waals surface area (Å²) in [7, 11) is 1.24. The molecule has 0 unspecified atom stereocenters. The van der Waals surface area contributed by atoms with E-state index in [0.29, 0.717) is 76.6 Å². The zero-order valence-corrected chi connectivity index (χ0v) is 35.0. The number of amides is 4. The number of ketones is 2. The van der Waals surface area contributed by atoms with Gasteiger partial charge in [0, 0.05) is 37.4 Å². The van der Waals surface area contributed by atoms with E-state index in [2.05, 4.69) is 46.6 Å². The molecule has 6 N–H and O–H groups in total. The first-order valence-corrected chi connectivity index (χ1v) is 21.3. The van der Waals surface area contributed by atoms with Crippen molar-refractivity contribution in [3.63, 3.8) is 0 Å². The molecule has 2 aromatic rings. The van der Waals surface area contributed by atoms with Crippen molar-refractivity contribution in [2.45, 2.75) is 115 Å². The monoisotopic (exact) mass is 816 g/mol. The van der Waals surface area contributed by atoms with Crippen LogP contribution in [-0.4, -0.2) is 109 Å². The van der Waals surface area contributed by atoms with E-state index in [4.69, 9.17) is 11.5 Å². The summed E-state index contributed by atoms with van der Waals surface area (Å²) >= 11 is 0. The van der Waals surface area contributed by atoms with E-state index in [9.17, 15) is 33.6 Å². The Labute approximate surface area is 348 Å². The van der Waals surface area contributed by atoms with Crippen LogP contribution in [0.1, 0.15) is 107 Å². The Morgan fingerprint density at radius 2 is 1.47 bits per heavy atom. The Bertz CT molecular complexity index is 1750. The summed E-state index contributed by atoms with van der Waals surface area (Å²) in [5, 5.41) is 5.75. The second-order valence-corrected chi connectivity index (χ2v) is 16.0. The number of esters is 1. The normalized spacial score (nSPS) is 17.7. The zero-order chi connectivity index (χ0) is 42.9. The van der Waals surface area contributed by atoms with Gasteiger partial charge in [-0.05, 0) is 106 Å². The number of methoxy groups -OCH3 is 1. The molecular weight excluding hydrogens is 753 g/mol. The van der Waals surface area contributed by atoms with Gasteiger partial charge in [-0.25, -0.2) is 0 Å². The first-order valence-electron chi connectivity index (χ1n) is 21.3. The van der Waals surface area contributed by atoms with Crippen molar-refractivity contribution in [2.24, 2.45) is 23.3 Å². The quantitative estimate of drug-likeness (QED) is 0.0648. The fourth-order valence-corrected chi connectivity index (χ4v) is 7.75. The molecular formula is C45H64N6O8. The molecule has 14 heteroatoms. The van der Waals surface area contributed by atoms with Crippen LogP contribution < -0.4 is 22.1 Å². The summed E-state index contributed by atoms with van der Waals surface area (Å²) < 4.78 is 4.62. The summed E-state index contributed by atoms with van der Waals surface area (Å²) in [6.45, 7) is 5.05. The number of benzene rings is 2. The predicted molar refractivity (Wildman–Crippen MR) is 225 cm³/mol. The van der Waals surface area contributed by atoms with Crippen molar-refractivity contribution in [3.05, 3.63) is 59.7 Å². The summed E-state index contributed by atoms with van der Waals surface area (Å²) in [6.07, 6.45) is 7.30. The largest absolute Gasteiger partial charge is 0.468 e. The van der Waals surface area contributed by atoms with E-state index in [1.807, 2.05) is 12.1 Å². The average Bonchev–Trinajstić information content (AvgIpc) is 3.75. The van der Waals surface area contributed by atoms with Gasteiger partial charge in [0.15, 0.2) is 11.6 Å². The Balaban J connectivity index is 1.36. The molecule has 2 aliphatic heterocycles. The van der Waals surface area contributed by atoms with Crippen LogP contribution in [0.4, 0.5) is 0 Å². The maximum absolute atomic E-state index is 14.1. The van der Waals surface area contributed by atoms with Crippen molar-refractivity contribution in [1.29, 1.82) is 0 Å². The molecule has 4 rings (SSSR count). The minimum atomic E-state index is -0.867. The van der Waals surface area contributed by atoms with Gasteiger partial charge in [-0.2, -0.15) is 0 Å². The maximum Gasteiger partial charge on any atom is 0.325 e. The second kappa shape index (κ2) is 23.6. The fourth-order valence-electron chi connectivity index (χ4n) is 7.75. The van der Waals surface area contributed by atoms with E-state index in [1.165, 1.54) is 22.5 Å². The van der Waals surface area contributed by atoms with Gasteiger partial charge in [0.25, 0.3) is 5.91 Å². The molecule has 2 heterocycles. The molecule has 0 saturated carbocycles. The number of likely N-dealkylation sites (tertiary alicyclic amines) is 2. The number of hydrogen-bond donors (Lipinski definition) is 4. The number of aryl methyl sites for hydroxylation is 1. The number of rotatable bonds is 25. The predicted octanol–water partition coefficient (Wildman–Crippen LogP) is 3.71. The minimum absolute atomic E-state index is 0.0849. The highest BCUT2D eigenvalue weighted by Crippen LogP contribution is 2.26. The van der Waals surface area contributed by atoms with Crippen LogP contribution in [0.3, 0.4) is 0 Å². The molecule has 5 atom stereocenters. The highest BCUT2D eigenvalue weighted by atomic mass is 16.5. The van der Waals surface area contributed by atoms with Crippen molar-refractivity contribution in [1.82, 2.24) is 20.4 Å². The number of hydrogen-bond acceptors (Lipinski definition) is 10. The number of β-lactam (4-membered cyclic amide) rings is 1. The fraction of sp³-hybridized carbons (Fsp3) is 0.578. The smallest absolute Gasteiger partial charge is 0.325 e. The number of ether oxygens (including phenoxy) is 1. The Hall–Kier alpha value is -4.95. The molecule has 0 bridgehead atoms. The molecule has 2 saturated heterocycles. The number of unbranched alkanes of at least 4 members (excludes halogenated alkanes) is 3. The first-order chi connectivity index (χ1) is 28.4. The highest BCUT2D eigenvalue weighted by molar-refractivity contribution is 6.00. The molecule has 0 spiro atoms. The number of nitrogens with zero attached hydrogens (tertiary/aromatic N) is 2. The average molecular weight is 817 g/mol. The van der Waals surface area contributed by atoms with Gasteiger partial charge >= 0.3 is 5.97 Å². The Morgan fingerprint density at radius 3 is 2.07 bits per heavy atom. The van der Waals surface area contributed by atoms with Crippen LogP contribution in [0.5, 0.6) is 0 Å². The number of carbonyl (C=O) groups excluding carboxylic acids is 7.